The fraction of sp³-hybridized carbons (Fsp3) is 0.222. The van der Waals surface area contributed by atoms with Gasteiger partial charge in [0.15, 0.2) is 5.78 Å². The average Bonchev–Trinajstić information content (AvgIpc) is 2.61. The third kappa shape index (κ3) is 3.00. The Hall–Kier alpha value is -3.11. The van der Waals surface area contributed by atoms with Gasteiger partial charge in [-0.1, -0.05) is 35.4 Å². The molecule has 0 spiro atoms. The van der Waals surface area contributed by atoms with E-state index in [0.717, 1.165) is 5.56 Å². The zero-order valence-electron chi connectivity index (χ0n) is 13.1. The summed E-state index contributed by atoms with van der Waals surface area (Å²) in [4.78, 5) is 30.0. The fourth-order valence-electron chi connectivity index (χ4n) is 2.92. The van der Waals surface area contributed by atoms with E-state index in [1.54, 1.807) is 35.2 Å². The van der Waals surface area contributed by atoms with Crippen molar-refractivity contribution >= 4 is 17.4 Å². The summed E-state index contributed by atoms with van der Waals surface area (Å²) in [6.45, 7) is 0.689. The minimum absolute atomic E-state index is 0.00871. The van der Waals surface area contributed by atoms with E-state index >= 15 is 0 Å². The summed E-state index contributed by atoms with van der Waals surface area (Å²) < 4.78 is 0. The van der Waals surface area contributed by atoms with Gasteiger partial charge in [-0.05, 0) is 35.7 Å². The predicted molar refractivity (Wildman–Crippen MR) is 91.2 cm³/mol. The van der Waals surface area contributed by atoms with Crippen LogP contribution in [0, 0.1) is 0 Å². The van der Waals surface area contributed by atoms with Gasteiger partial charge in [-0.2, -0.15) is 0 Å². The quantitative estimate of drug-likeness (QED) is 0.371. The number of anilines is 1. The molecule has 0 aromatic heterocycles. The summed E-state index contributed by atoms with van der Waals surface area (Å²) in [5, 5.41) is 3.51. The van der Waals surface area contributed by atoms with Crippen LogP contribution in [0.15, 0.2) is 53.6 Å². The van der Waals surface area contributed by atoms with E-state index in [0.29, 0.717) is 36.3 Å². The molecule has 0 saturated carbocycles. The molecule has 3 rings (SSSR count). The van der Waals surface area contributed by atoms with E-state index < -0.39 is 0 Å². The van der Waals surface area contributed by atoms with Crippen molar-refractivity contribution in [2.45, 2.75) is 12.8 Å². The summed E-state index contributed by atoms with van der Waals surface area (Å²) in [6.07, 6.45) is 0.742. The van der Waals surface area contributed by atoms with Crippen molar-refractivity contribution in [3.8, 4) is 0 Å². The smallest absolute Gasteiger partial charge is 0.258 e. The number of ketones is 1. The van der Waals surface area contributed by atoms with Gasteiger partial charge in [0.05, 0.1) is 5.69 Å². The van der Waals surface area contributed by atoms with Crippen molar-refractivity contribution in [2.75, 3.05) is 18.0 Å². The van der Waals surface area contributed by atoms with Crippen LogP contribution in [0.25, 0.3) is 10.4 Å². The number of rotatable bonds is 4. The highest BCUT2D eigenvalue weighted by atomic mass is 16.2. The number of benzene rings is 2. The van der Waals surface area contributed by atoms with Crippen molar-refractivity contribution in [2.24, 2.45) is 5.11 Å². The first kappa shape index (κ1) is 15.8. The summed E-state index contributed by atoms with van der Waals surface area (Å²) in [5.74, 6) is -0.142. The Labute approximate surface area is 139 Å². The lowest BCUT2D eigenvalue weighted by Gasteiger charge is -2.28. The molecule has 6 nitrogen and oxygen atoms in total. The molecule has 1 aliphatic heterocycles. The number of nitrogens with zero attached hydrogens (tertiary/aromatic N) is 4. The van der Waals surface area contributed by atoms with Crippen LogP contribution in [0.1, 0.15) is 32.7 Å². The third-order valence-corrected chi connectivity index (χ3v) is 4.04. The van der Waals surface area contributed by atoms with Crippen molar-refractivity contribution < 1.29 is 9.59 Å². The maximum atomic E-state index is 13.0. The van der Waals surface area contributed by atoms with E-state index in [1.807, 2.05) is 18.2 Å². The van der Waals surface area contributed by atoms with E-state index in [1.165, 1.54) is 0 Å². The van der Waals surface area contributed by atoms with Crippen LogP contribution in [0.3, 0.4) is 0 Å². The summed E-state index contributed by atoms with van der Waals surface area (Å²) in [7, 11) is 0. The minimum atomic E-state index is -0.133. The van der Waals surface area contributed by atoms with Gasteiger partial charge in [0.25, 0.3) is 5.91 Å². The van der Waals surface area contributed by atoms with E-state index in [-0.39, 0.29) is 18.1 Å². The van der Waals surface area contributed by atoms with Gasteiger partial charge < -0.3 is 4.90 Å². The van der Waals surface area contributed by atoms with E-state index in [4.69, 9.17) is 5.53 Å². The van der Waals surface area contributed by atoms with Crippen LogP contribution in [0.2, 0.25) is 0 Å². The second-order valence-electron chi connectivity index (χ2n) is 5.54. The fourth-order valence-corrected chi connectivity index (χ4v) is 2.92. The van der Waals surface area contributed by atoms with Gasteiger partial charge in [-0.25, -0.2) is 0 Å². The maximum Gasteiger partial charge on any atom is 0.258 e. The van der Waals surface area contributed by atoms with Crippen LogP contribution in [-0.2, 0) is 6.42 Å². The van der Waals surface area contributed by atoms with Crippen LogP contribution in [-0.4, -0.2) is 24.8 Å². The topological polar surface area (TPSA) is 86.1 Å². The minimum Gasteiger partial charge on any atom is -0.308 e. The first-order chi connectivity index (χ1) is 11.7. The van der Waals surface area contributed by atoms with Crippen molar-refractivity contribution in [3.63, 3.8) is 0 Å². The van der Waals surface area contributed by atoms with Crippen LogP contribution < -0.4 is 4.90 Å². The molecule has 0 saturated heterocycles. The largest absolute Gasteiger partial charge is 0.308 e. The Morgan fingerprint density at radius 1 is 1.04 bits per heavy atom. The maximum absolute atomic E-state index is 13.0. The van der Waals surface area contributed by atoms with Gasteiger partial charge >= 0.3 is 0 Å². The van der Waals surface area contributed by atoms with Crippen molar-refractivity contribution in [3.05, 3.63) is 75.7 Å². The number of fused-ring (bicyclic) bond motifs is 2. The van der Waals surface area contributed by atoms with E-state index in [9.17, 15) is 9.59 Å². The van der Waals surface area contributed by atoms with Gasteiger partial charge in [0.2, 0.25) is 0 Å². The molecule has 0 unspecified atom stereocenters. The highest BCUT2D eigenvalue weighted by Crippen LogP contribution is 2.28. The number of carbonyl (C=O) groups is 2. The summed E-state index contributed by atoms with van der Waals surface area (Å²) in [6, 6.07) is 14.3. The number of hydrogen-bond donors (Lipinski definition) is 0. The number of azide groups is 1. The molecule has 0 fully saturated rings. The Morgan fingerprint density at radius 2 is 1.75 bits per heavy atom. The number of Topliss-reactive ketones (excluding diaryl/α,β-unsaturated/α-hetero) is 1. The number of carbonyl (C=O) groups excluding carboxylic acids is 2. The molecule has 1 amide bonds. The highest BCUT2D eigenvalue weighted by molar-refractivity contribution is 6.14. The SMILES string of the molecule is [N-]=[N+]=NCCCN1C(=O)c2ccccc2CC(=O)c2ccccc21. The summed E-state index contributed by atoms with van der Waals surface area (Å²) in [5.41, 5.74) is 10.8. The molecule has 1 aliphatic rings. The Balaban J connectivity index is 2.05. The molecule has 1 heterocycles. The Bertz CT molecular complexity index is 840. The lowest BCUT2D eigenvalue weighted by molar-refractivity contribution is 0.0974. The molecule has 0 bridgehead atoms. The number of para-hydroxylation sites is 1. The second-order valence-corrected chi connectivity index (χ2v) is 5.54. The molecule has 120 valence electrons. The van der Waals surface area contributed by atoms with Gasteiger partial charge in [-0.15, -0.1) is 0 Å². The Morgan fingerprint density at radius 3 is 2.54 bits per heavy atom. The Kier molecular flexibility index (Phi) is 4.59. The van der Waals surface area contributed by atoms with Crippen LogP contribution >= 0.6 is 0 Å². The lowest BCUT2D eigenvalue weighted by atomic mass is 9.94. The van der Waals surface area contributed by atoms with Crippen molar-refractivity contribution in [1.82, 2.24) is 0 Å². The third-order valence-electron chi connectivity index (χ3n) is 4.04. The molecular formula is C18H16N4O2. The predicted octanol–water partition coefficient (Wildman–Crippen LogP) is 3.77. The first-order valence-electron chi connectivity index (χ1n) is 7.75. The molecule has 2 aromatic rings. The summed E-state index contributed by atoms with van der Waals surface area (Å²) >= 11 is 0. The zero-order chi connectivity index (χ0) is 16.9. The molecule has 0 radical (unpaired) electrons. The molecule has 0 atom stereocenters. The van der Waals surface area contributed by atoms with Gasteiger partial charge in [-0.3, -0.25) is 9.59 Å². The zero-order valence-corrected chi connectivity index (χ0v) is 13.1. The first-order valence-corrected chi connectivity index (χ1v) is 7.75. The van der Waals surface area contributed by atoms with Crippen molar-refractivity contribution in [1.29, 1.82) is 0 Å². The molecule has 6 heteroatoms. The molecule has 2 aromatic carbocycles. The standard InChI is InChI=1S/C18H16N4O2/c19-21-20-10-5-11-22-16-9-4-3-8-15(16)17(23)12-13-6-1-2-7-14(13)18(22)24/h1-4,6-9H,5,10-12H2. The number of amides is 1. The molecule has 24 heavy (non-hydrogen) atoms. The average molecular weight is 320 g/mol. The van der Waals surface area contributed by atoms with Gasteiger partial charge in [0.1, 0.15) is 0 Å². The second kappa shape index (κ2) is 6.98. The highest BCUT2D eigenvalue weighted by Gasteiger charge is 2.27. The van der Waals surface area contributed by atoms with E-state index in [2.05, 4.69) is 10.0 Å². The lowest BCUT2D eigenvalue weighted by Crippen LogP contribution is -2.35. The van der Waals surface area contributed by atoms with Crippen LogP contribution in [0.4, 0.5) is 5.69 Å². The molecule has 0 N–H and O–H groups in total. The van der Waals surface area contributed by atoms with Crippen LogP contribution in [0.5, 0.6) is 0 Å². The monoisotopic (exact) mass is 320 g/mol. The molecule has 0 aliphatic carbocycles. The molecular weight excluding hydrogens is 304 g/mol. The normalized spacial score (nSPS) is 13.4. The number of hydrogen-bond acceptors (Lipinski definition) is 3. The van der Waals surface area contributed by atoms with Gasteiger partial charge in [0, 0.05) is 35.5 Å².